The molecule has 0 bridgehead atoms. The van der Waals surface area contributed by atoms with Crippen LogP contribution < -0.4 is 10.6 Å². The molecule has 80 valence electrons. The van der Waals surface area contributed by atoms with E-state index in [0.717, 1.165) is 5.82 Å². The Morgan fingerprint density at radius 2 is 2.21 bits per heavy atom. The lowest BCUT2D eigenvalue weighted by Crippen LogP contribution is -2.38. The Morgan fingerprint density at radius 3 is 2.36 bits per heavy atom. The highest BCUT2D eigenvalue weighted by molar-refractivity contribution is 5.80. The third-order valence-electron chi connectivity index (χ3n) is 1.71. The minimum absolute atomic E-state index is 0.0208. The largest absolute Gasteiger partial charge is 0.358 e. The molecule has 0 aliphatic carbocycles. The van der Waals surface area contributed by atoms with Crippen molar-refractivity contribution in [2.75, 3.05) is 14.1 Å². The number of hydrogen-bond acceptors (Lipinski definition) is 3. The van der Waals surface area contributed by atoms with E-state index in [4.69, 9.17) is 0 Å². The number of rotatable bonds is 2. The smallest absolute Gasteiger partial charge is 0.236 e. The SMILES string of the molecule is CNC(=O)C(C)NC.Cc1ncc[nH]1. The third-order valence-corrected chi connectivity index (χ3v) is 1.71. The topological polar surface area (TPSA) is 69.8 Å². The van der Waals surface area contributed by atoms with E-state index >= 15 is 0 Å². The lowest BCUT2D eigenvalue weighted by atomic mass is 10.3. The van der Waals surface area contributed by atoms with Crippen LogP contribution in [0.1, 0.15) is 12.7 Å². The van der Waals surface area contributed by atoms with E-state index in [1.54, 1.807) is 33.4 Å². The second-order valence-electron chi connectivity index (χ2n) is 2.80. The van der Waals surface area contributed by atoms with Gasteiger partial charge in [-0.15, -0.1) is 0 Å². The first kappa shape index (κ1) is 12.6. The first-order valence-corrected chi connectivity index (χ1v) is 4.46. The van der Waals surface area contributed by atoms with Gasteiger partial charge >= 0.3 is 0 Å². The van der Waals surface area contributed by atoms with Crippen LogP contribution in [0.25, 0.3) is 0 Å². The summed E-state index contributed by atoms with van der Waals surface area (Å²) < 4.78 is 0. The van der Waals surface area contributed by atoms with Crippen molar-refractivity contribution in [2.24, 2.45) is 0 Å². The number of carbonyl (C=O) groups excluding carboxylic acids is 1. The number of aromatic amines is 1. The molecular weight excluding hydrogens is 180 g/mol. The number of aryl methyl sites for hydroxylation is 1. The maximum Gasteiger partial charge on any atom is 0.236 e. The van der Waals surface area contributed by atoms with Gasteiger partial charge in [0.2, 0.25) is 5.91 Å². The number of carbonyl (C=O) groups is 1. The van der Waals surface area contributed by atoms with Gasteiger partial charge in [0, 0.05) is 19.4 Å². The number of hydrogen-bond donors (Lipinski definition) is 3. The van der Waals surface area contributed by atoms with Crippen molar-refractivity contribution in [3.63, 3.8) is 0 Å². The fourth-order valence-electron chi connectivity index (χ4n) is 0.692. The summed E-state index contributed by atoms with van der Waals surface area (Å²) in [5.41, 5.74) is 0. The predicted octanol–water partition coefficient (Wildman–Crippen LogP) is 0.0584. The molecule has 1 rings (SSSR count). The van der Waals surface area contributed by atoms with Gasteiger partial charge in [-0.3, -0.25) is 4.79 Å². The maximum atomic E-state index is 10.6. The van der Waals surface area contributed by atoms with Crippen molar-refractivity contribution in [1.82, 2.24) is 20.6 Å². The Kier molecular flexibility index (Phi) is 6.39. The molecule has 0 saturated heterocycles. The standard InChI is InChI=1S/C5H12N2O.C4H6N2/c1-4(6-2)5(8)7-3;1-4-5-2-3-6-4/h4,6H,1-3H3,(H,7,8);2-3H,1H3,(H,5,6). The van der Waals surface area contributed by atoms with Crippen LogP contribution in [0.3, 0.4) is 0 Å². The lowest BCUT2D eigenvalue weighted by molar-refractivity contribution is -0.122. The highest BCUT2D eigenvalue weighted by Gasteiger charge is 2.04. The Labute approximate surface area is 84.3 Å². The average Bonchev–Trinajstić information content (AvgIpc) is 2.67. The van der Waals surface area contributed by atoms with Crippen LogP contribution in [0.4, 0.5) is 0 Å². The van der Waals surface area contributed by atoms with Gasteiger partial charge in [-0.2, -0.15) is 0 Å². The van der Waals surface area contributed by atoms with E-state index in [1.807, 2.05) is 6.92 Å². The molecule has 1 aromatic heterocycles. The molecule has 1 atom stereocenters. The zero-order valence-electron chi connectivity index (χ0n) is 9.09. The number of aromatic nitrogens is 2. The number of amides is 1. The molecule has 0 aromatic carbocycles. The summed E-state index contributed by atoms with van der Waals surface area (Å²) in [5, 5.41) is 5.32. The third kappa shape index (κ3) is 5.31. The minimum atomic E-state index is -0.0833. The zero-order chi connectivity index (χ0) is 11.0. The first-order chi connectivity index (χ1) is 6.61. The van der Waals surface area contributed by atoms with Gasteiger partial charge in [0.15, 0.2) is 0 Å². The highest BCUT2D eigenvalue weighted by Crippen LogP contribution is 1.78. The van der Waals surface area contributed by atoms with E-state index in [0.29, 0.717) is 0 Å². The summed E-state index contributed by atoms with van der Waals surface area (Å²) in [5.74, 6) is 0.988. The van der Waals surface area contributed by atoms with Crippen LogP contribution in [-0.4, -0.2) is 36.0 Å². The van der Waals surface area contributed by atoms with Crippen molar-refractivity contribution in [3.05, 3.63) is 18.2 Å². The molecule has 0 radical (unpaired) electrons. The number of nitrogens with zero attached hydrogens (tertiary/aromatic N) is 1. The molecule has 5 heteroatoms. The monoisotopic (exact) mass is 198 g/mol. The normalized spacial score (nSPS) is 11.1. The molecule has 14 heavy (non-hydrogen) atoms. The zero-order valence-corrected chi connectivity index (χ0v) is 9.09. The molecule has 3 N–H and O–H groups in total. The molecule has 1 heterocycles. The van der Waals surface area contributed by atoms with E-state index in [1.165, 1.54) is 0 Å². The van der Waals surface area contributed by atoms with Crippen LogP contribution in [0.5, 0.6) is 0 Å². The Morgan fingerprint density at radius 1 is 1.57 bits per heavy atom. The number of nitrogens with one attached hydrogen (secondary N) is 3. The molecule has 5 nitrogen and oxygen atoms in total. The fraction of sp³-hybridized carbons (Fsp3) is 0.556. The molecule has 1 amide bonds. The molecule has 0 aliphatic rings. The average molecular weight is 198 g/mol. The van der Waals surface area contributed by atoms with E-state index < -0.39 is 0 Å². The van der Waals surface area contributed by atoms with Gasteiger partial charge in [0.25, 0.3) is 0 Å². The predicted molar refractivity (Wildman–Crippen MR) is 55.9 cm³/mol. The quantitative estimate of drug-likeness (QED) is 0.629. The highest BCUT2D eigenvalue weighted by atomic mass is 16.2. The summed E-state index contributed by atoms with van der Waals surface area (Å²) in [4.78, 5) is 17.3. The van der Waals surface area contributed by atoms with Gasteiger partial charge < -0.3 is 15.6 Å². The molecular formula is C9H18N4O. The summed E-state index contributed by atoms with van der Waals surface area (Å²) in [6, 6.07) is -0.0833. The summed E-state index contributed by atoms with van der Waals surface area (Å²) in [7, 11) is 3.37. The van der Waals surface area contributed by atoms with Crippen LogP contribution in [-0.2, 0) is 4.79 Å². The van der Waals surface area contributed by atoms with Gasteiger partial charge in [-0.1, -0.05) is 0 Å². The van der Waals surface area contributed by atoms with Gasteiger partial charge in [0.05, 0.1) is 6.04 Å². The molecule has 0 fully saturated rings. The van der Waals surface area contributed by atoms with Crippen LogP contribution >= 0.6 is 0 Å². The summed E-state index contributed by atoms with van der Waals surface area (Å²) >= 11 is 0. The van der Waals surface area contributed by atoms with Gasteiger partial charge in [0.1, 0.15) is 5.82 Å². The van der Waals surface area contributed by atoms with Crippen molar-refractivity contribution < 1.29 is 4.79 Å². The number of imidazole rings is 1. The van der Waals surface area contributed by atoms with Crippen molar-refractivity contribution in [1.29, 1.82) is 0 Å². The molecule has 1 aromatic rings. The van der Waals surface area contributed by atoms with Crippen LogP contribution in [0.15, 0.2) is 12.4 Å². The Balaban J connectivity index is 0.000000249. The van der Waals surface area contributed by atoms with Gasteiger partial charge in [-0.25, -0.2) is 4.98 Å². The van der Waals surface area contributed by atoms with Crippen molar-refractivity contribution in [3.8, 4) is 0 Å². The van der Waals surface area contributed by atoms with Crippen LogP contribution in [0.2, 0.25) is 0 Å². The first-order valence-electron chi connectivity index (χ1n) is 4.46. The maximum absolute atomic E-state index is 10.6. The second kappa shape index (κ2) is 7.08. The number of likely N-dealkylation sites (N-methyl/N-ethyl adjacent to an activating group) is 2. The van der Waals surface area contributed by atoms with E-state index in [-0.39, 0.29) is 11.9 Å². The van der Waals surface area contributed by atoms with E-state index in [9.17, 15) is 4.79 Å². The van der Waals surface area contributed by atoms with Gasteiger partial charge in [-0.05, 0) is 20.9 Å². The minimum Gasteiger partial charge on any atom is -0.358 e. The van der Waals surface area contributed by atoms with Crippen molar-refractivity contribution in [2.45, 2.75) is 19.9 Å². The molecule has 0 aliphatic heterocycles. The second-order valence-corrected chi connectivity index (χ2v) is 2.80. The Bertz CT molecular complexity index is 245. The lowest BCUT2D eigenvalue weighted by Gasteiger charge is -2.05. The Hall–Kier alpha value is -1.36. The fourth-order valence-corrected chi connectivity index (χ4v) is 0.692. The molecule has 1 unspecified atom stereocenters. The molecule has 0 spiro atoms. The summed E-state index contributed by atoms with van der Waals surface area (Å²) in [6.45, 7) is 3.72. The number of H-pyrrole nitrogens is 1. The summed E-state index contributed by atoms with van der Waals surface area (Å²) in [6.07, 6.45) is 3.53. The van der Waals surface area contributed by atoms with Crippen LogP contribution in [0, 0.1) is 6.92 Å². The van der Waals surface area contributed by atoms with Crippen molar-refractivity contribution >= 4 is 5.91 Å². The van der Waals surface area contributed by atoms with E-state index in [2.05, 4.69) is 20.6 Å². The molecule has 0 saturated carbocycles.